The second-order valence-electron chi connectivity index (χ2n) is 11.3. The SMILES string of the molecule is O=C(Nc1ccc(S(=O)(=O)O)c(N=Nc2c(OOOS)cc3cc(S(=O)(=O)O)cc(Nc4nc(Cl)nc(Nc5cccc6ccccc56)n4)c3c2O)c1)C(Br)CBr. The van der Waals surface area contributed by atoms with E-state index >= 15 is 0 Å². The van der Waals surface area contributed by atoms with Crippen LogP contribution >= 0.6 is 56.4 Å². The molecule has 5 aromatic carbocycles. The number of fused-ring (bicyclic) bond motifs is 2. The fourth-order valence-corrected chi connectivity index (χ4v) is 6.99. The van der Waals surface area contributed by atoms with Crippen molar-refractivity contribution in [2.45, 2.75) is 14.6 Å². The number of phenols is 1. The van der Waals surface area contributed by atoms with E-state index in [9.17, 15) is 35.8 Å². The normalized spacial score (nSPS) is 12.5. The minimum atomic E-state index is -4.93. The number of amides is 1. The van der Waals surface area contributed by atoms with Crippen molar-refractivity contribution in [3.63, 3.8) is 0 Å². The van der Waals surface area contributed by atoms with Gasteiger partial charge in [0, 0.05) is 40.4 Å². The molecule has 1 atom stereocenters. The van der Waals surface area contributed by atoms with Crippen LogP contribution in [0.5, 0.6) is 11.5 Å². The first-order valence-corrected chi connectivity index (χ1v) is 21.1. The molecular formula is C32H23Br2ClN8O11S3. The number of nitrogens with one attached hydrogen (secondary N) is 3. The maximum absolute atomic E-state index is 12.5. The lowest BCUT2D eigenvalue weighted by Crippen LogP contribution is -2.23. The van der Waals surface area contributed by atoms with E-state index in [2.05, 4.69) is 95.3 Å². The maximum Gasteiger partial charge on any atom is 0.296 e. The van der Waals surface area contributed by atoms with Gasteiger partial charge in [0.2, 0.25) is 28.8 Å². The van der Waals surface area contributed by atoms with Crippen molar-refractivity contribution in [3.8, 4) is 11.5 Å². The van der Waals surface area contributed by atoms with Gasteiger partial charge in [-0.3, -0.25) is 13.9 Å². The highest BCUT2D eigenvalue weighted by Crippen LogP contribution is 2.48. The molecule has 19 nitrogen and oxygen atoms in total. The summed E-state index contributed by atoms with van der Waals surface area (Å²) in [5.74, 6) is -2.12. The van der Waals surface area contributed by atoms with E-state index in [0.29, 0.717) is 5.69 Å². The lowest BCUT2D eigenvalue weighted by molar-refractivity contribution is -0.402. The van der Waals surface area contributed by atoms with E-state index in [1.54, 1.807) is 6.07 Å². The highest BCUT2D eigenvalue weighted by Gasteiger charge is 2.24. The Morgan fingerprint density at radius 1 is 0.877 bits per heavy atom. The van der Waals surface area contributed by atoms with Gasteiger partial charge in [-0.25, -0.2) is 0 Å². The van der Waals surface area contributed by atoms with Crippen molar-refractivity contribution in [3.05, 3.63) is 84.1 Å². The number of halogens is 3. The summed E-state index contributed by atoms with van der Waals surface area (Å²) in [6.45, 7) is 0. The molecule has 296 valence electrons. The van der Waals surface area contributed by atoms with Crippen molar-refractivity contribution in [2.24, 2.45) is 10.2 Å². The van der Waals surface area contributed by atoms with Gasteiger partial charge < -0.3 is 25.9 Å². The van der Waals surface area contributed by atoms with Crippen LogP contribution in [0, 0.1) is 0 Å². The molecule has 0 aliphatic rings. The van der Waals surface area contributed by atoms with Crippen LogP contribution in [0.25, 0.3) is 21.5 Å². The van der Waals surface area contributed by atoms with Gasteiger partial charge in [-0.05, 0) is 69.9 Å². The largest absolute Gasteiger partial charge is 0.505 e. The van der Waals surface area contributed by atoms with Crippen LogP contribution in [0.1, 0.15) is 0 Å². The van der Waals surface area contributed by atoms with Crippen molar-refractivity contribution < 1.29 is 50.1 Å². The molecule has 6 rings (SSSR count). The molecule has 0 saturated heterocycles. The van der Waals surface area contributed by atoms with Gasteiger partial charge in [-0.1, -0.05) is 68.3 Å². The van der Waals surface area contributed by atoms with Gasteiger partial charge >= 0.3 is 0 Å². The molecule has 0 fully saturated rings. The van der Waals surface area contributed by atoms with Crippen LogP contribution < -0.4 is 20.8 Å². The fourth-order valence-electron chi connectivity index (χ4n) is 5.24. The number of hydrogen-bond acceptors (Lipinski definition) is 17. The first-order valence-electron chi connectivity index (χ1n) is 15.5. The number of nitrogens with zero attached hydrogens (tertiary/aromatic N) is 5. The Labute approximate surface area is 349 Å². The third-order valence-electron chi connectivity index (χ3n) is 7.65. The van der Waals surface area contributed by atoms with Crippen LogP contribution in [-0.2, 0) is 34.4 Å². The van der Waals surface area contributed by atoms with E-state index in [4.69, 9.17) is 16.5 Å². The molecule has 0 spiro atoms. The number of benzene rings is 5. The fraction of sp³-hybridized carbons (Fsp3) is 0.0625. The zero-order valence-electron chi connectivity index (χ0n) is 28.0. The zero-order valence-corrected chi connectivity index (χ0v) is 34.5. The Morgan fingerprint density at radius 3 is 2.26 bits per heavy atom. The lowest BCUT2D eigenvalue weighted by Gasteiger charge is -2.15. The number of aromatic hydroxyl groups is 1. The van der Waals surface area contributed by atoms with Crippen molar-refractivity contribution >= 4 is 144 Å². The summed E-state index contributed by atoms with van der Waals surface area (Å²) in [6, 6.07) is 19.2. The van der Waals surface area contributed by atoms with Crippen LogP contribution in [0.4, 0.5) is 40.3 Å². The molecule has 6 N–H and O–H groups in total. The molecule has 0 bridgehead atoms. The number of azo groups is 1. The smallest absolute Gasteiger partial charge is 0.296 e. The number of alkyl halides is 2. The topological polar surface area (TPSA) is 273 Å². The van der Waals surface area contributed by atoms with Crippen molar-refractivity contribution in [2.75, 3.05) is 21.3 Å². The molecule has 1 aromatic heterocycles. The third kappa shape index (κ3) is 9.86. The minimum absolute atomic E-state index is 0.0331. The average molecular weight is 987 g/mol. The Kier molecular flexibility index (Phi) is 12.8. The van der Waals surface area contributed by atoms with Crippen LogP contribution in [0.2, 0.25) is 5.28 Å². The molecule has 6 aromatic rings. The number of phenolic OH excluding ortho intramolecular Hbond substituents is 1. The summed E-state index contributed by atoms with van der Waals surface area (Å²) in [6.07, 6.45) is 0. The van der Waals surface area contributed by atoms with E-state index in [1.807, 2.05) is 36.4 Å². The summed E-state index contributed by atoms with van der Waals surface area (Å²) in [5.41, 5.74) is -0.678. The van der Waals surface area contributed by atoms with E-state index in [1.165, 1.54) is 6.07 Å². The standard InChI is InChI=1S/C32H23Br2ClN8O11S3/c33-14-20(34)29(45)36-17-8-9-25(57(49,50)51)22(12-17)42-43-27-24(52-53-54-55)11-16-10-18(56(46,47)48)13-23(26(16)28(27)44)38-32-40-30(35)39-31(41-32)37-21-7-3-5-15-4-1-2-6-19(15)21/h1-13,20,44,55H,14H2,(H,36,45)(H,46,47,48)(H,49,50,51)(H2,37,38,39,40,41). The number of thiol groups is 1. The molecule has 57 heavy (non-hydrogen) atoms. The lowest BCUT2D eigenvalue weighted by atomic mass is 10.1. The summed E-state index contributed by atoms with van der Waals surface area (Å²) in [5, 5.41) is 33.8. The van der Waals surface area contributed by atoms with Gasteiger partial charge in [0.25, 0.3) is 20.2 Å². The molecule has 1 unspecified atom stereocenters. The Balaban J connectivity index is 1.49. The maximum atomic E-state index is 12.5. The first kappa shape index (κ1) is 41.9. The Bertz CT molecular complexity index is 2800. The number of carbonyl (C=O) groups excluding carboxylic acids is 1. The van der Waals surface area contributed by atoms with Crippen LogP contribution in [-0.4, -0.2) is 62.1 Å². The van der Waals surface area contributed by atoms with Gasteiger partial charge in [0.1, 0.15) is 15.4 Å². The average Bonchev–Trinajstić information content (AvgIpc) is 3.15. The number of hydrogen-bond donors (Lipinski definition) is 7. The zero-order chi connectivity index (χ0) is 41.1. The second-order valence-corrected chi connectivity index (χ2v) is 16.4. The minimum Gasteiger partial charge on any atom is -0.505 e. The van der Waals surface area contributed by atoms with E-state index < -0.39 is 63.6 Å². The summed E-state index contributed by atoms with van der Waals surface area (Å²) < 4.78 is 73.5. The summed E-state index contributed by atoms with van der Waals surface area (Å²) in [7, 11) is -9.83. The molecule has 1 heterocycles. The molecule has 25 heteroatoms. The quantitative estimate of drug-likeness (QED) is 0.0103. The molecule has 1 amide bonds. The van der Waals surface area contributed by atoms with Gasteiger partial charge in [0.15, 0.2) is 11.4 Å². The van der Waals surface area contributed by atoms with Gasteiger partial charge in [-0.2, -0.15) is 31.8 Å². The summed E-state index contributed by atoms with van der Waals surface area (Å²) >= 11 is 16.0. The summed E-state index contributed by atoms with van der Waals surface area (Å²) in [4.78, 5) is 28.0. The second kappa shape index (κ2) is 17.4. The van der Waals surface area contributed by atoms with Crippen LogP contribution in [0.15, 0.2) is 98.9 Å². The predicted molar refractivity (Wildman–Crippen MR) is 218 cm³/mol. The van der Waals surface area contributed by atoms with E-state index in [-0.39, 0.29) is 44.7 Å². The number of aromatic nitrogens is 3. The highest BCUT2D eigenvalue weighted by molar-refractivity contribution is 9.12. The number of anilines is 5. The Hall–Kier alpha value is -4.76. The molecule has 0 radical (unpaired) electrons. The highest BCUT2D eigenvalue weighted by atomic mass is 79.9. The molecule has 0 aliphatic carbocycles. The Morgan fingerprint density at radius 2 is 1.58 bits per heavy atom. The molecule has 0 aliphatic heterocycles. The first-order chi connectivity index (χ1) is 27.0. The van der Waals surface area contributed by atoms with E-state index in [0.717, 1.165) is 41.1 Å². The van der Waals surface area contributed by atoms with Gasteiger partial charge in [0.05, 0.1) is 10.6 Å². The monoisotopic (exact) mass is 984 g/mol. The van der Waals surface area contributed by atoms with Crippen molar-refractivity contribution in [1.82, 2.24) is 15.0 Å². The van der Waals surface area contributed by atoms with Crippen molar-refractivity contribution in [1.29, 1.82) is 0 Å². The van der Waals surface area contributed by atoms with Gasteiger partial charge in [-0.15, -0.1) is 14.6 Å². The molecular weight excluding hydrogens is 964 g/mol. The van der Waals surface area contributed by atoms with Crippen LogP contribution in [0.3, 0.4) is 0 Å². The number of rotatable bonds is 14. The third-order valence-corrected chi connectivity index (χ3v) is 11.9. The molecule has 0 saturated carbocycles. The predicted octanol–water partition coefficient (Wildman–Crippen LogP) is 8.12. The number of carbonyl (C=O) groups is 1.